The minimum Gasteiger partial charge on any atom is -0.0613 e. The molecule has 0 nitrogen and oxygen atoms in total. The summed E-state index contributed by atoms with van der Waals surface area (Å²) in [4.78, 5) is 0.207. The van der Waals surface area contributed by atoms with E-state index in [-0.39, 0.29) is 4.90 Å². The van der Waals surface area contributed by atoms with Crippen LogP contribution in [0.5, 0.6) is 0 Å². The zero-order chi connectivity index (χ0) is 27.9. The number of benzene rings is 4. The van der Waals surface area contributed by atoms with Crippen LogP contribution in [-0.4, -0.2) is 4.90 Å². The van der Waals surface area contributed by atoms with Gasteiger partial charge in [0.1, 0.15) is 0 Å². The lowest BCUT2D eigenvalue weighted by Gasteiger charge is -2.47. The summed E-state index contributed by atoms with van der Waals surface area (Å²) in [6.45, 7) is 18.7. The van der Waals surface area contributed by atoms with Gasteiger partial charge in [0, 0.05) is 4.90 Å². The van der Waals surface area contributed by atoms with Crippen molar-refractivity contribution in [2.45, 2.75) is 86.0 Å². The Bertz CT molecular complexity index is 1290. The van der Waals surface area contributed by atoms with Gasteiger partial charge in [0.05, 0.1) is 0 Å². The molecule has 0 saturated heterocycles. The van der Waals surface area contributed by atoms with Crippen molar-refractivity contribution in [2.75, 3.05) is 0 Å². The van der Waals surface area contributed by atoms with E-state index in [4.69, 9.17) is 0 Å². The minimum atomic E-state index is -0.612. The summed E-state index contributed by atoms with van der Waals surface area (Å²) in [5.41, 5.74) is 11.6. The van der Waals surface area contributed by atoms with Crippen molar-refractivity contribution in [2.24, 2.45) is 0 Å². The van der Waals surface area contributed by atoms with Crippen LogP contribution in [0, 0.1) is 55.4 Å². The van der Waals surface area contributed by atoms with Gasteiger partial charge in [-0.2, -0.15) is 0 Å². The lowest BCUT2D eigenvalue weighted by atomic mass is 10.1. The molecule has 5 rings (SSSR count). The third-order valence-electron chi connectivity index (χ3n) is 9.50. The molecule has 0 heterocycles. The number of hydrogen-bond acceptors (Lipinski definition) is 0. The normalized spacial score (nSPS) is 14.9. The average molecular weight is 551 g/mol. The number of aryl methyl sites for hydroxylation is 4. The fourth-order valence-corrected chi connectivity index (χ4v) is 15.5. The topological polar surface area (TPSA) is 0 Å². The molecule has 0 N–H and O–H groups in total. The van der Waals surface area contributed by atoms with Gasteiger partial charge in [-0.3, -0.25) is 0 Å². The first-order valence-corrected chi connectivity index (χ1v) is 17.2. The van der Waals surface area contributed by atoms with Crippen LogP contribution in [0.3, 0.4) is 0 Å². The molecular weight excluding hydrogens is 506 g/mol. The zero-order valence-corrected chi connectivity index (χ0v) is 26.9. The molecule has 0 atom stereocenters. The highest BCUT2D eigenvalue weighted by Gasteiger charge is 2.51. The molecule has 0 radical (unpaired) electrons. The summed E-state index contributed by atoms with van der Waals surface area (Å²) < 4.78 is 0. The highest BCUT2D eigenvalue weighted by molar-refractivity contribution is 7.91. The maximum Gasteiger partial charge on any atom is 0.0267 e. The van der Waals surface area contributed by atoms with E-state index in [1.165, 1.54) is 70.2 Å². The van der Waals surface area contributed by atoms with Crippen LogP contribution in [-0.2, 0) is 0 Å². The molecular formula is C37H44P2. The Labute approximate surface area is 239 Å². The van der Waals surface area contributed by atoms with Crippen LogP contribution in [0.1, 0.15) is 70.2 Å². The Balaban J connectivity index is 1.91. The first-order chi connectivity index (χ1) is 18.7. The van der Waals surface area contributed by atoms with Gasteiger partial charge in [0.15, 0.2) is 0 Å². The second kappa shape index (κ2) is 11.3. The summed E-state index contributed by atoms with van der Waals surface area (Å²) >= 11 is 0. The van der Waals surface area contributed by atoms with Crippen LogP contribution in [0.4, 0.5) is 0 Å². The van der Waals surface area contributed by atoms with Crippen molar-refractivity contribution in [3.05, 3.63) is 117 Å². The van der Waals surface area contributed by atoms with E-state index in [9.17, 15) is 0 Å². The molecule has 2 heteroatoms. The molecule has 0 unspecified atom stereocenters. The number of hydrogen-bond donors (Lipinski definition) is 0. The van der Waals surface area contributed by atoms with Gasteiger partial charge in [-0.15, -0.1) is 0 Å². The Hall–Kier alpha value is -2.26. The van der Waals surface area contributed by atoms with Crippen LogP contribution in [0.25, 0.3) is 0 Å². The SMILES string of the molecule is Cc1cccc(P(c2cccc(C)c2C)C2(P(c3cccc(C)c3C)c3cccc(C)c3C)CCCC2)c1C. The first-order valence-electron chi connectivity index (χ1n) is 14.5. The maximum atomic E-state index is 2.48. The molecule has 39 heavy (non-hydrogen) atoms. The predicted octanol–water partition coefficient (Wildman–Crippen LogP) is 8.99. The summed E-state index contributed by atoms with van der Waals surface area (Å²) in [5.74, 6) is 0. The lowest BCUT2D eigenvalue weighted by Crippen LogP contribution is -2.39. The summed E-state index contributed by atoms with van der Waals surface area (Å²) in [5, 5.41) is 6.40. The second-order valence-electron chi connectivity index (χ2n) is 11.7. The van der Waals surface area contributed by atoms with Crippen molar-refractivity contribution in [3.63, 3.8) is 0 Å². The lowest BCUT2D eigenvalue weighted by molar-refractivity contribution is 0.824. The molecule has 4 aromatic rings. The van der Waals surface area contributed by atoms with Crippen molar-refractivity contribution < 1.29 is 0 Å². The quantitative estimate of drug-likeness (QED) is 0.210. The van der Waals surface area contributed by atoms with Crippen molar-refractivity contribution in [1.82, 2.24) is 0 Å². The summed E-state index contributed by atoms with van der Waals surface area (Å²) in [6.07, 6.45) is 5.24. The third kappa shape index (κ3) is 4.94. The van der Waals surface area contributed by atoms with E-state index in [1.807, 2.05) is 0 Å². The van der Waals surface area contributed by atoms with E-state index >= 15 is 0 Å². The van der Waals surface area contributed by atoms with Gasteiger partial charge in [0.2, 0.25) is 0 Å². The molecule has 0 spiro atoms. The number of rotatable bonds is 6. The highest BCUT2D eigenvalue weighted by atomic mass is 31.2. The Morgan fingerprint density at radius 3 is 0.923 bits per heavy atom. The summed E-state index contributed by atoms with van der Waals surface area (Å²) in [6, 6.07) is 28.4. The van der Waals surface area contributed by atoms with Gasteiger partial charge in [-0.1, -0.05) is 85.6 Å². The van der Waals surface area contributed by atoms with E-state index in [0.717, 1.165) is 0 Å². The molecule has 4 aromatic carbocycles. The predicted molar refractivity (Wildman–Crippen MR) is 177 cm³/mol. The van der Waals surface area contributed by atoms with Crippen LogP contribution in [0.2, 0.25) is 0 Å². The van der Waals surface area contributed by atoms with Crippen molar-refractivity contribution in [3.8, 4) is 0 Å². The maximum absolute atomic E-state index is 2.48. The molecule has 0 bridgehead atoms. The van der Waals surface area contributed by atoms with E-state index in [0.29, 0.717) is 0 Å². The smallest absolute Gasteiger partial charge is 0.0267 e. The molecule has 1 aliphatic rings. The van der Waals surface area contributed by atoms with E-state index in [2.05, 4.69) is 128 Å². The Kier molecular flexibility index (Phi) is 8.20. The Morgan fingerprint density at radius 2 is 0.667 bits per heavy atom. The molecule has 1 fully saturated rings. The molecule has 0 amide bonds. The molecule has 0 aromatic heterocycles. The highest BCUT2D eigenvalue weighted by Crippen LogP contribution is 2.72. The van der Waals surface area contributed by atoms with Crippen LogP contribution >= 0.6 is 15.8 Å². The van der Waals surface area contributed by atoms with E-state index in [1.54, 1.807) is 21.2 Å². The second-order valence-corrected chi connectivity index (χ2v) is 17.1. The molecule has 0 aliphatic heterocycles. The Morgan fingerprint density at radius 1 is 0.410 bits per heavy atom. The molecule has 1 saturated carbocycles. The van der Waals surface area contributed by atoms with Crippen molar-refractivity contribution >= 4 is 37.1 Å². The largest absolute Gasteiger partial charge is 0.0613 e. The third-order valence-corrected chi connectivity index (χ3v) is 17.1. The fourth-order valence-electron chi connectivity index (χ4n) is 6.56. The van der Waals surface area contributed by atoms with Crippen molar-refractivity contribution in [1.29, 1.82) is 0 Å². The standard InChI is InChI=1S/C37H44P2/c1-25-15-11-19-33(29(25)5)38(34-20-12-16-26(2)30(34)6)37(23-9-10-24-37)39(35-21-13-17-27(3)31(35)7)36-22-14-18-28(4)32(36)8/h11-22H,9-10,23-24H2,1-8H3. The van der Waals surface area contributed by atoms with Gasteiger partial charge in [0.25, 0.3) is 0 Å². The average Bonchev–Trinajstić information content (AvgIpc) is 3.40. The van der Waals surface area contributed by atoms with Crippen LogP contribution in [0.15, 0.2) is 72.8 Å². The zero-order valence-electron chi connectivity index (χ0n) is 25.2. The summed E-state index contributed by atoms with van der Waals surface area (Å²) in [7, 11) is -1.22. The van der Waals surface area contributed by atoms with Crippen LogP contribution < -0.4 is 21.2 Å². The monoisotopic (exact) mass is 550 g/mol. The van der Waals surface area contributed by atoms with Gasteiger partial charge in [-0.25, -0.2) is 0 Å². The molecule has 202 valence electrons. The van der Waals surface area contributed by atoms with Gasteiger partial charge >= 0.3 is 0 Å². The first kappa shape index (κ1) is 28.3. The van der Waals surface area contributed by atoms with E-state index < -0.39 is 15.8 Å². The molecule has 1 aliphatic carbocycles. The van der Waals surface area contributed by atoms with Gasteiger partial charge < -0.3 is 0 Å². The van der Waals surface area contributed by atoms with Gasteiger partial charge in [-0.05, 0) is 150 Å². The minimum absolute atomic E-state index is 0.207. The fraction of sp³-hybridized carbons (Fsp3) is 0.351.